The number of carbonyl (C=O) groups excluding carboxylic acids is 2. The molecule has 0 saturated heterocycles. The van der Waals surface area contributed by atoms with Crippen LogP contribution in [0.5, 0.6) is 5.75 Å². The van der Waals surface area contributed by atoms with Crippen LogP contribution < -0.4 is 10.1 Å². The fourth-order valence-corrected chi connectivity index (χ4v) is 2.00. The molecule has 0 unspecified atom stereocenters. The van der Waals surface area contributed by atoms with Gasteiger partial charge in [0.1, 0.15) is 5.75 Å². The summed E-state index contributed by atoms with van der Waals surface area (Å²) in [7, 11) is 0. The third-order valence-electron chi connectivity index (χ3n) is 2.93. The maximum Gasteiger partial charge on any atom is 0.223 e. The topological polar surface area (TPSA) is 55.4 Å². The van der Waals surface area contributed by atoms with E-state index >= 15 is 0 Å². The van der Waals surface area contributed by atoms with Gasteiger partial charge in [0, 0.05) is 10.6 Å². The Morgan fingerprint density at radius 2 is 1.82 bits per heavy atom. The number of halogens is 1. The van der Waals surface area contributed by atoms with Crippen LogP contribution in [0, 0.1) is 0 Å². The normalized spacial score (nSPS) is 10.0. The zero-order valence-electron chi connectivity index (χ0n) is 11.9. The number of Topliss-reactive ketones (excluding diaryl/α,β-unsaturated/α-hetero) is 1. The highest BCUT2D eigenvalue weighted by Gasteiger charge is 2.08. The summed E-state index contributed by atoms with van der Waals surface area (Å²) >= 11 is 5.82. The molecule has 2 aromatic carbocycles. The first kappa shape index (κ1) is 16.0. The average Bonchev–Trinajstić information content (AvgIpc) is 2.53. The maximum absolute atomic E-state index is 11.9. The molecule has 5 heteroatoms. The van der Waals surface area contributed by atoms with E-state index in [1.165, 1.54) is 0 Å². The van der Waals surface area contributed by atoms with Gasteiger partial charge in [-0.25, -0.2) is 0 Å². The summed E-state index contributed by atoms with van der Waals surface area (Å²) in [5.41, 5.74) is 0.480. The highest BCUT2D eigenvalue weighted by Crippen LogP contribution is 2.11. The summed E-state index contributed by atoms with van der Waals surface area (Å²) in [5.74, 6) is 0.302. The van der Waals surface area contributed by atoms with Crippen LogP contribution in [0.2, 0.25) is 5.02 Å². The second kappa shape index (κ2) is 8.20. The zero-order valence-corrected chi connectivity index (χ0v) is 12.7. The van der Waals surface area contributed by atoms with Crippen LogP contribution in [0.1, 0.15) is 16.8 Å². The fourth-order valence-electron chi connectivity index (χ4n) is 1.81. The van der Waals surface area contributed by atoms with Crippen LogP contribution in [0.15, 0.2) is 54.6 Å². The van der Waals surface area contributed by atoms with Crippen molar-refractivity contribution in [3.05, 3.63) is 65.2 Å². The number of para-hydroxylation sites is 1. The smallest absolute Gasteiger partial charge is 0.223 e. The van der Waals surface area contributed by atoms with Crippen molar-refractivity contribution in [2.45, 2.75) is 6.42 Å². The molecule has 0 fully saturated rings. The number of ether oxygens (including phenoxy) is 1. The molecule has 0 aliphatic rings. The predicted octanol–water partition coefficient (Wildman–Crippen LogP) is 3.11. The lowest BCUT2D eigenvalue weighted by atomic mass is 10.1. The number of hydrogen-bond donors (Lipinski definition) is 1. The molecule has 4 nitrogen and oxygen atoms in total. The minimum atomic E-state index is -0.230. The van der Waals surface area contributed by atoms with Crippen molar-refractivity contribution < 1.29 is 14.3 Å². The van der Waals surface area contributed by atoms with Crippen LogP contribution in [-0.4, -0.2) is 24.8 Å². The monoisotopic (exact) mass is 317 g/mol. The molecule has 0 aromatic heterocycles. The zero-order chi connectivity index (χ0) is 15.8. The molecule has 0 aliphatic heterocycles. The van der Waals surface area contributed by atoms with Crippen molar-refractivity contribution in [2.75, 3.05) is 13.2 Å². The Morgan fingerprint density at radius 3 is 2.55 bits per heavy atom. The van der Waals surface area contributed by atoms with E-state index in [9.17, 15) is 9.59 Å². The number of amides is 1. The number of benzene rings is 2. The van der Waals surface area contributed by atoms with Crippen LogP contribution >= 0.6 is 11.6 Å². The van der Waals surface area contributed by atoms with E-state index in [1.807, 2.05) is 30.3 Å². The molecular formula is C17H16ClNO3. The molecule has 0 atom stereocenters. The van der Waals surface area contributed by atoms with Gasteiger partial charge in [-0.3, -0.25) is 9.59 Å². The Labute approximate surface area is 134 Å². The first-order valence-electron chi connectivity index (χ1n) is 6.88. The summed E-state index contributed by atoms with van der Waals surface area (Å²) in [6.45, 7) is 0.214. The van der Waals surface area contributed by atoms with Gasteiger partial charge in [-0.15, -0.1) is 0 Å². The summed E-state index contributed by atoms with van der Waals surface area (Å²) in [5, 5.41) is 3.07. The number of carbonyl (C=O) groups is 2. The lowest BCUT2D eigenvalue weighted by Gasteiger charge is -2.07. The number of hydrogen-bond acceptors (Lipinski definition) is 3. The van der Waals surface area contributed by atoms with Gasteiger partial charge in [0.2, 0.25) is 5.91 Å². The van der Waals surface area contributed by atoms with Crippen molar-refractivity contribution in [3.8, 4) is 5.75 Å². The molecule has 2 aromatic rings. The van der Waals surface area contributed by atoms with Crippen LogP contribution in [0.25, 0.3) is 0 Å². The van der Waals surface area contributed by atoms with E-state index in [4.69, 9.17) is 16.3 Å². The molecule has 0 aliphatic carbocycles. The molecular weight excluding hydrogens is 302 g/mol. The number of ketones is 1. The Hall–Kier alpha value is -2.33. The Balaban J connectivity index is 1.70. The van der Waals surface area contributed by atoms with E-state index in [0.29, 0.717) is 16.3 Å². The van der Waals surface area contributed by atoms with E-state index < -0.39 is 0 Å². The first-order chi connectivity index (χ1) is 10.6. The van der Waals surface area contributed by atoms with Gasteiger partial charge >= 0.3 is 0 Å². The van der Waals surface area contributed by atoms with Crippen LogP contribution in [0.3, 0.4) is 0 Å². The van der Waals surface area contributed by atoms with Gasteiger partial charge in [0.15, 0.2) is 5.78 Å². The molecule has 1 N–H and O–H groups in total. The van der Waals surface area contributed by atoms with Crippen molar-refractivity contribution in [1.29, 1.82) is 0 Å². The third kappa shape index (κ3) is 5.22. The number of rotatable bonds is 7. The molecule has 0 spiro atoms. The maximum atomic E-state index is 11.9. The molecule has 0 radical (unpaired) electrons. The second-order valence-corrected chi connectivity index (χ2v) is 5.06. The van der Waals surface area contributed by atoms with Gasteiger partial charge in [-0.05, 0) is 24.3 Å². The lowest BCUT2D eigenvalue weighted by Crippen LogP contribution is -2.30. The summed E-state index contributed by atoms with van der Waals surface area (Å²) in [4.78, 5) is 23.6. The molecule has 2 rings (SSSR count). The molecule has 1 amide bonds. The molecule has 0 bridgehead atoms. The highest BCUT2D eigenvalue weighted by molar-refractivity contribution is 6.31. The van der Waals surface area contributed by atoms with Gasteiger partial charge in [0.25, 0.3) is 0 Å². The molecule has 22 heavy (non-hydrogen) atoms. The average molecular weight is 318 g/mol. The minimum absolute atomic E-state index is 0.0511. The molecule has 114 valence electrons. The summed E-state index contributed by atoms with van der Waals surface area (Å²) < 4.78 is 5.42. The minimum Gasteiger partial charge on any atom is -0.493 e. The van der Waals surface area contributed by atoms with Gasteiger partial charge < -0.3 is 10.1 Å². The van der Waals surface area contributed by atoms with Gasteiger partial charge in [-0.1, -0.05) is 41.9 Å². The lowest BCUT2D eigenvalue weighted by molar-refractivity contribution is -0.121. The van der Waals surface area contributed by atoms with E-state index in [2.05, 4.69) is 5.32 Å². The van der Waals surface area contributed by atoms with E-state index in [1.54, 1.807) is 24.3 Å². The van der Waals surface area contributed by atoms with Crippen LogP contribution in [0.4, 0.5) is 0 Å². The Bertz CT molecular complexity index is 643. The largest absolute Gasteiger partial charge is 0.493 e. The van der Waals surface area contributed by atoms with Crippen molar-refractivity contribution >= 4 is 23.3 Å². The quantitative estimate of drug-likeness (QED) is 0.798. The van der Waals surface area contributed by atoms with E-state index in [-0.39, 0.29) is 31.3 Å². The Morgan fingerprint density at radius 1 is 1.05 bits per heavy atom. The SMILES string of the molecule is O=C(CCOc1ccccc1)NCC(=O)c1cccc(Cl)c1. The summed E-state index contributed by atoms with van der Waals surface area (Å²) in [6.07, 6.45) is 0.192. The number of nitrogens with one attached hydrogen (secondary N) is 1. The van der Waals surface area contributed by atoms with Crippen molar-refractivity contribution in [2.24, 2.45) is 0 Å². The van der Waals surface area contributed by atoms with E-state index in [0.717, 1.165) is 0 Å². The molecule has 0 saturated carbocycles. The highest BCUT2D eigenvalue weighted by atomic mass is 35.5. The van der Waals surface area contributed by atoms with Gasteiger partial charge in [0.05, 0.1) is 19.6 Å². The second-order valence-electron chi connectivity index (χ2n) is 4.62. The summed E-state index contributed by atoms with van der Waals surface area (Å²) in [6, 6.07) is 15.9. The molecule has 0 heterocycles. The Kier molecular flexibility index (Phi) is 5.98. The fraction of sp³-hybridized carbons (Fsp3) is 0.176. The standard InChI is InChI=1S/C17H16ClNO3/c18-14-6-4-5-13(11-14)16(20)12-19-17(21)9-10-22-15-7-2-1-3-8-15/h1-8,11H,9-10,12H2,(H,19,21). The third-order valence-corrected chi connectivity index (χ3v) is 3.17. The van der Waals surface area contributed by atoms with Crippen molar-refractivity contribution in [1.82, 2.24) is 5.32 Å². The predicted molar refractivity (Wildman–Crippen MR) is 85.3 cm³/mol. The van der Waals surface area contributed by atoms with Crippen molar-refractivity contribution in [3.63, 3.8) is 0 Å². The van der Waals surface area contributed by atoms with Crippen LogP contribution in [-0.2, 0) is 4.79 Å². The first-order valence-corrected chi connectivity index (χ1v) is 7.26. The van der Waals surface area contributed by atoms with Gasteiger partial charge in [-0.2, -0.15) is 0 Å².